The predicted molar refractivity (Wildman–Crippen MR) is 95.5 cm³/mol. The first-order chi connectivity index (χ1) is 12.7. The van der Waals surface area contributed by atoms with E-state index in [1.807, 2.05) is 0 Å². The summed E-state index contributed by atoms with van der Waals surface area (Å²) in [7, 11) is 0. The van der Waals surface area contributed by atoms with E-state index in [9.17, 15) is 23.6 Å². The minimum atomic E-state index is -1.41. The SMILES string of the molecule is CC1(c2ccc(F)cc2)NC(=O)N(CC(=O)Nc2sccc2C(N)=O)C1=O. The second-order valence-corrected chi connectivity index (χ2v) is 6.95. The lowest BCUT2D eigenvalue weighted by atomic mass is 9.92. The van der Waals surface area contributed by atoms with Gasteiger partial charge in [0, 0.05) is 0 Å². The van der Waals surface area contributed by atoms with Crippen molar-refractivity contribution >= 4 is 40.1 Å². The Balaban J connectivity index is 1.75. The van der Waals surface area contributed by atoms with E-state index in [0.717, 1.165) is 16.2 Å². The van der Waals surface area contributed by atoms with E-state index >= 15 is 0 Å². The molecule has 0 radical (unpaired) electrons. The molecule has 0 bridgehead atoms. The summed E-state index contributed by atoms with van der Waals surface area (Å²) in [5.41, 5.74) is 4.33. The molecule has 1 aliphatic rings. The molecule has 2 heterocycles. The van der Waals surface area contributed by atoms with Crippen molar-refractivity contribution < 1.29 is 23.6 Å². The Labute approximate surface area is 157 Å². The molecule has 0 aliphatic carbocycles. The van der Waals surface area contributed by atoms with Crippen LogP contribution in [-0.2, 0) is 15.1 Å². The standard InChI is InChI=1S/C17H15FN4O4S/c1-17(9-2-4-10(18)5-3-9)15(25)22(16(26)21-17)8-12(23)20-14-11(13(19)24)6-7-27-14/h2-7H,8H2,1H3,(H2,19,24)(H,20,23)(H,21,26). The second kappa shape index (κ2) is 6.80. The summed E-state index contributed by atoms with van der Waals surface area (Å²) in [5.74, 6) is -2.48. The number of urea groups is 1. The zero-order valence-corrected chi connectivity index (χ0v) is 14.9. The minimum Gasteiger partial charge on any atom is -0.366 e. The fourth-order valence-electron chi connectivity index (χ4n) is 2.73. The molecule has 1 aromatic heterocycles. The normalized spacial score (nSPS) is 19.1. The molecule has 27 heavy (non-hydrogen) atoms. The van der Waals surface area contributed by atoms with Gasteiger partial charge < -0.3 is 16.4 Å². The number of benzene rings is 1. The highest BCUT2D eigenvalue weighted by Gasteiger charge is 2.49. The predicted octanol–water partition coefficient (Wildman–Crippen LogP) is 1.39. The maximum atomic E-state index is 13.1. The van der Waals surface area contributed by atoms with Gasteiger partial charge >= 0.3 is 6.03 Å². The highest BCUT2D eigenvalue weighted by Crippen LogP contribution is 2.29. The molecule has 1 atom stereocenters. The van der Waals surface area contributed by atoms with Crippen LogP contribution in [-0.4, -0.2) is 35.2 Å². The number of imide groups is 1. The van der Waals surface area contributed by atoms with E-state index in [1.54, 1.807) is 5.38 Å². The van der Waals surface area contributed by atoms with Gasteiger partial charge in [0.05, 0.1) is 5.56 Å². The van der Waals surface area contributed by atoms with Gasteiger partial charge in [-0.25, -0.2) is 9.18 Å². The number of hydrogen-bond acceptors (Lipinski definition) is 5. The molecule has 8 nitrogen and oxygen atoms in total. The number of halogens is 1. The molecule has 1 unspecified atom stereocenters. The van der Waals surface area contributed by atoms with E-state index < -0.39 is 41.7 Å². The third-order valence-electron chi connectivity index (χ3n) is 4.18. The van der Waals surface area contributed by atoms with Crippen LogP contribution in [0, 0.1) is 5.82 Å². The lowest BCUT2D eigenvalue weighted by Gasteiger charge is -2.22. The first kappa shape index (κ1) is 18.5. The molecule has 140 valence electrons. The number of carbonyl (C=O) groups is 4. The molecule has 4 N–H and O–H groups in total. The van der Waals surface area contributed by atoms with Crippen LogP contribution in [0.4, 0.5) is 14.2 Å². The summed E-state index contributed by atoms with van der Waals surface area (Å²) in [6.07, 6.45) is 0. The molecular formula is C17H15FN4O4S. The van der Waals surface area contributed by atoms with Crippen LogP contribution < -0.4 is 16.4 Å². The zero-order chi connectivity index (χ0) is 19.8. The van der Waals surface area contributed by atoms with Gasteiger partial charge in [0.25, 0.3) is 11.8 Å². The van der Waals surface area contributed by atoms with Gasteiger partial charge in [-0.3, -0.25) is 19.3 Å². The van der Waals surface area contributed by atoms with Crippen molar-refractivity contribution in [3.05, 3.63) is 52.7 Å². The summed E-state index contributed by atoms with van der Waals surface area (Å²) in [5, 5.41) is 6.81. The topological polar surface area (TPSA) is 122 Å². The van der Waals surface area contributed by atoms with Gasteiger partial charge in [-0.05, 0) is 36.1 Å². The molecule has 3 rings (SSSR count). The molecule has 1 aromatic carbocycles. The smallest absolute Gasteiger partial charge is 0.325 e. The van der Waals surface area contributed by atoms with E-state index in [4.69, 9.17) is 5.73 Å². The number of carbonyl (C=O) groups excluding carboxylic acids is 4. The van der Waals surface area contributed by atoms with Gasteiger partial charge in [-0.2, -0.15) is 0 Å². The Bertz CT molecular complexity index is 943. The van der Waals surface area contributed by atoms with Gasteiger partial charge in [0.1, 0.15) is 22.9 Å². The number of hydrogen-bond donors (Lipinski definition) is 3. The summed E-state index contributed by atoms with van der Waals surface area (Å²) < 4.78 is 13.1. The van der Waals surface area contributed by atoms with E-state index in [-0.39, 0.29) is 10.6 Å². The number of nitrogens with one attached hydrogen (secondary N) is 2. The van der Waals surface area contributed by atoms with Gasteiger partial charge in [0.2, 0.25) is 5.91 Å². The first-order valence-corrected chi connectivity index (χ1v) is 8.67. The van der Waals surface area contributed by atoms with Crippen LogP contribution in [0.5, 0.6) is 0 Å². The maximum Gasteiger partial charge on any atom is 0.325 e. The Morgan fingerprint density at radius 3 is 2.56 bits per heavy atom. The Morgan fingerprint density at radius 1 is 1.26 bits per heavy atom. The lowest BCUT2D eigenvalue weighted by molar-refractivity contribution is -0.133. The molecule has 5 amide bonds. The highest BCUT2D eigenvalue weighted by molar-refractivity contribution is 7.14. The lowest BCUT2D eigenvalue weighted by Crippen LogP contribution is -2.42. The van der Waals surface area contributed by atoms with Crippen molar-refractivity contribution in [3.8, 4) is 0 Å². The number of amides is 5. The summed E-state index contributed by atoms with van der Waals surface area (Å²) in [6.45, 7) is 0.931. The molecule has 10 heteroatoms. The molecule has 0 saturated carbocycles. The second-order valence-electron chi connectivity index (χ2n) is 6.03. The number of primary amides is 1. The van der Waals surface area contributed by atoms with Crippen LogP contribution in [0.2, 0.25) is 0 Å². The monoisotopic (exact) mass is 390 g/mol. The Kier molecular flexibility index (Phi) is 4.66. The largest absolute Gasteiger partial charge is 0.366 e. The molecule has 0 spiro atoms. The average molecular weight is 390 g/mol. The van der Waals surface area contributed by atoms with Crippen molar-refractivity contribution in [2.24, 2.45) is 5.73 Å². The van der Waals surface area contributed by atoms with Crippen molar-refractivity contribution in [1.29, 1.82) is 0 Å². The number of nitrogens with zero attached hydrogens (tertiary/aromatic N) is 1. The van der Waals surface area contributed by atoms with Crippen LogP contribution in [0.25, 0.3) is 0 Å². The number of thiophene rings is 1. The first-order valence-electron chi connectivity index (χ1n) is 7.79. The summed E-state index contributed by atoms with van der Waals surface area (Å²) in [4.78, 5) is 49.3. The van der Waals surface area contributed by atoms with E-state index in [2.05, 4.69) is 10.6 Å². The zero-order valence-electron chi connectivity index (χ0n) is 14.1. The van der Waals surface area contributed by atoms with Crippen molar-refractivity contribution in [1.82, 2.24) is 10.2 Å². The maximum absolute atomic E-state index is 13.1. The fraction of sp³-hybridized carbons (Fsp3) is 0.176. The van der Waals surface area contributed by atoms with Crippen LogP contribution >= 0.6 is 11.3 Å². The number of anilines is 1. The molecule has 1 aliphatic heterocycles. The molecule has 2 aromatic rings. The van der Waals surface area contributed by atoms with Gasteiger partial charge in [-0.1, -0.05) is 12.1 Å². The van der Waals surface area contributed by atoms with Crippen LogP contribution in [0.15, 0.2) is 35.7 Å². The quantitative estimate of drug-likeness (QED) is 0.668. The number of rotatable bonds is 5. The fourth-order valence-corrected chi connectivity index (χ4v) is 3.54. The van der Waals surface area contributed by atoms with Crippen LogP contribution in [0.1, 0.15) is 22.8 Å². The van der Waals surface area contributed by atoms with Gasteiger partial charge in [0.15, 0.2) is 0 Å². The van der Waals surface area contributed by atoms with Crippen LogP contribution in [0.3, 0.4) is 0 Å². The third-order valence-corrected chi connectivity index (χ3v) is 5.01. The summed E-state index contributed by atoms with van der Waals surface area (Å²) in [6, 6.07) is 5.85. The molecule has 1 saturated heterocycles. The highest BCUT2D eigenvalue weighted by atomic mass is 32.1. The Hall–Kier alpha value is -3.27. The minimum absolute atomic E-state index is 0.140. The number of nitrogens with two attached hydrogens (primary N) is 1. The third kappa shape index (κ3) is 3.38. The van der Waals surface area contributed by atoms with E-state index in [0.29, 0.717) is 5.56 Å². The van der Waals surface area contributed by atoms with Crippen molar-refractivity contribution in [3.63, 3.8) is 0 Å². The molecule has 1 fully saturated rings. The molecular weight excluding hydrogens is 375 g/mol. The average Bonchev–Trinajstić information content (AvgIpc) is 3.15. The Morgan fingerprint density at radius 2 is 1.93 bits per heavy atom. The van der Waals surface area contributed by atoms with Crippen molar-refractivity contribution in [2.75, 3.05) is 11.9 Å². The summed E-state index contributed by atoms with van der Waals surface area (Å²) >= 11 is 1.09. The van der Waals surface area contributed by atoms with Gasteiger partial charge in [-0.15, -0.1) is 11.3 Å². The van der Waals surface area contributed by atoms with Crippen molar-refractivity contribution in [2.45, 2.75) is 12.5 Å². The van der Waals surface area contributed by atoms with E-state index in [1.165, 1.54) is 37.3 Å².